The van der Waals surface area contributed by atoms with Crippen LogP contribution in [0.1, 0.15) is 66.0 Å². The summed E-state index contributed by atoms with van der Waals surface area (Å²) in [5, 5.41) is 9.91. The second kappa shape index (κ2) is 11.9. The topological polar surface area (TPSA) is 78.0 Å². The minimum absolute atomic E-state index is 0.269. The van der Waals surface area contributed by atoms with E-state index in [0.29, 0.717) is 18.6 Å². The Morgan fingerprint density at radius 2 is 1.84 bits per heavy atom. The van der Waals surface area contributed by atoms with Gasteiger partial charge in [0.2, 0.25) is 0 Å². The highest BCUT2D eigenvalue weighted by Crippen LogP contribution is 2.16. The van der Waals surface area contributed by atoms with Gasteiger partial charge >= 0.3 is 6.09 Å². The second-order valence-electron chi connectivity index (χ2n) is 9.38. The average Bonchev–Trinajstić information content (AvgIpc) is 2.70. The number of carbonyl (C=O) groups excluding carboxylic acids is 1. The van der Waals surface area contributed by atoms with E-state index in [1.54, 1.807) is 0 Å². The predicted molar refractivity (Wildman–Crippen MR) is 127 cm³/mol. The van der Waals surface area contributed by atoms with Crippen LogP contribution in [0.25, 0.3) is 0 Å². The van der Waals surface area contributed by atoms with E-state index in [1.165, 1.54) is 0 Å². The van der Waals surface area contributed by atoms with Gasteiger partial charge in [0.1, 0.15) is 5.60 Å². The zero-order valence-electron chi connectivity index (χ0n) is 20.1. The average molecular weight is 432 g/mol. The number of hydrogen-bond donors (Lipinski definition) is 3. The van der Waals surface area contributed by atoms with Crippen LogP contribution < -0.4 is 16.0 Å². The number of alkyl carbamates (subject to hydrolysis) is 1. The van der Waals surface area contributed by atoms with Crippen LogP contribution in [0.2, 0.25) is 0 Å². The van der Waals surface area contributed by atoms with E-state index in [0.717, 1.165) is 44.0 Å². The summed E-state index contributed by atoms with van der Waals surface area (Å²) in [6, 6.07) is 10.6. The number of nitrogens with one attached hydrogen (secondary N) is 3. The van der Waals surface area contributed by atoms with Crippen LogP contribution in [-0.4, -0.2) is 60.8 Å². The largest absolute Gasteiger partial charge is 0.444 e. The number of nitrogens with zero attached hydrogens (tertiary/aromatic N) is 2. The molecule has 2 rings (SSSR count). The Hall–Kier alpha value is -2.28. The van der Waals surface area contributed by atoms with Crippen molar-refractivity contribution in [1.82, 2.24) is 20.9 Å². The Balaban J connectivity index is 2.05. The molecule has 0 saturated carbocycles. The molecular formula is C24H41N5O2. The maximum Gasteiger partial charge on any atom is 0.408 e. The summed E-state index contributed by atoms with van der Waals surface area (Å²) in [5.41, 5.74) is 0.453. The van der Waals surface area contributed by atoms with Gasteiger partial charge in [0.25, 0.3) is 0 Å². The van der Waals surface area contributed by atoms with E-state index in [4.69, 9.17) is 9.73 Å². The van der Waals surface area contributed by atoms with Gasteiger partial charge in [0.15, 0.2) is 5.96 Å². The van der Waals surface area contributed by atoms with Crippen LogP contribution in [0, 0.1) is 0 Å². The third kappa shape index (κ3) is 9.17. The molecular weight excluding hydrogens is 390 g/mol. The monoisotopic (exact) mass is 431 g/mol. The van der Waals surface area contributed by atoms with Gasteiger partial charge in [-0.3, -0.25) is 4.99 Å². The van der Waals surface area contributed by atoms with Crippen molar-refractivity contribution in [3.05, 3.63) is 35.9 Å². The van der Waals surface area contributed by atoms with Crippen LogP contribution >= 0.6 is 0 Å². The minimum atomic E-state index is -0.546. The molecule has 31 heavy (non-hydrogen) atoms. The number of aliphatic imine (C=N–C) groups is 1. The number of carbonyl (C=O) groups is 1. The molecule has 1 aromatic carbocycles. The fourth-order valence-corrected chi connectivity index (χ4v) is 3.63. The van der Waals surface area contributed by atoms with Crippen molar-refractivity contribution in [3.8, 4) is 0 Å². The number of piperidine rings is 1. The first kappa shape index (κ1) is 25.0. The summed E-state index contributed by atoms with van der Waals surface area (Å²) >= 11 is 0. The molecule has 0 bridgehead atoms. The lowest BCUT2D eigenvalue weighted by Gasteiger charge is -2.35. The summed E-state index contributed by atoms with van der Waals surface area (Å²) in [6.45, 7) is 15.5. The first-order chi connectivity index (χ1) is 14.7. The fraction of sp³-hybridized carbons (Fsp3) is 0.667. The predicted octanol–water partition coefficient (Wildman–Crippen LogP) is 3.68. The number of amides is 1. The Morgan fingerprint density at radius 3 is 2.39 bits per heavy atom. The first-order valence-electron chi connectivity index (χ1n) is 11.5. The molecule has 1 aliphatic heterocycles. The van der Waals surface area contributed by atoms with Gasteiger partial charge in [-0.1, -0.05) is 30.3 Å². The minimum Gasteiger partial charge on any atom is -0.444 e. The lowest BCUT2D eigenvalue weighted by atomic mass is 10.0. The third-order valence-electron chi connectivity index (χ3n) is 5.27. The van der Waals surface area contributed by atoms with Crippen molar-refractivity contribution in [2.75, 3.05) is 26.2 Å². The zero-order valence-corrected chi connectivity index (χ0v) is 20.1. The number of benzene rings is 1. The molecule has 3 N–H and O–H groups in total. The molecule has 1 heterocycles. The first-order valence-corrected chi connectivity index (χ1v) is 11.5. The molecule has 1 unspecified atom stereocenters. The number of guanidine groups is 1. The van der Waals surface area contributed by atoms with Crippen LogP contribution in [0.15, 0.2) is 35.3 Å². The van der Waals surface area contributed by atoms with Gasteiger partial charge in [-0.05, 0) is 59.9 Å². The van der Waals surface area contributed by atoms with Crippen LogP contribution in [0.3, 0.4) is 0 Å². The van der Waals surface area contributed by atoms with Crippen molar-refractivity contribution in [1.29, 1.82) is 0 Å². The van der Waals surface area contributed by atoms with Gasteiger partial charge in [0.05, 0.1) is 12.6 Å². The molecule has 7 nitrogen and oxygen atoms in total. The Kier molecular flexibility index (Phi) is 9.62. The summed E-state index contributed by atoms with van der Waals surface area (Å²) < 4.78 is 5.46. The highest BCUT2D eigenvalue weighted by atomic mass is 16.6. The number of rotatable bonds is 7. The zero-order chi connectivity index (χ0) is 22.9. The maximum atomic E-state index is 12.4. The van der Waals surface area contributed by atoms with E-state index in [-0.39, 0.29) is 6.04 Å². The summed E-state index contributed by atoms with van der Waals surface area (Å²) in [4.78, 5) is 19.7. The van der Waals surface area contributed by atoms with Crippen LogP contribution in [0.4, 0.5) is 4.79 Å². The molecule has 0 radical (unpaired) electrons. The molecule has 1 aromatic rings. The van der Waals surface area contributed by atoms with Gasteiger partial charge in [-0.2, -0.15) is 0 Å². The molecule has 1 saturated heterocycles. The highest BCUT2D eigenvalue weighted by molar-refractivity contribution is 5.80. The lowest BCUT2D eigenvalue weighted by Crippen LogP contribution is -2.50. The summed E-state index contributed by atoms with van der Waals surface area (Å²) in [7, 11) is 0. The van der Waals surface area contributed by atoms with Gasteiger partial charge < -0.3 is 25.6 Å². The second-order valence-corrected chi connectivity index (χ2v) is 9.38. The number of ether oxygens (including phenoxy) is 1. The Labute approximate surface area is 188 Å². The normalized spacial score (nSPS) is 17.3. The van der Waals surface area contributed by atoms with Crippen molar-refractivity contribution >= 4 is 12.1 Å². The van der Waals surface area contributed by atoms with Gasteiger partial charge in [-0.25, -0.2) is 4.79 Å². The van der Waals surface area contributed by atoms with Crippen LogP contribution in [0.5, 0.6) is 0 Å². The van der Waals surface area contributed by atoms with Crippen molar-refractivity contribution in [3.63, 3.8) is 0 Å². The Bertz CT molecular complexity index is 692. The van der Waals surface area contributed by atoms with Crippen molar-refractivity contribution < 1.29 is 9.53 Å². The fourth-order valence-electron chi connectivity index (χ4n) is 3.63. The molecule has 1 atom stereocenters. The number of likely N-dealkylation sites (tertiary alicyclic amines) is 1. The van der Waals surface area contributed by atoms with E-state index >= 15 is 0 Å². The molecule has 1 fully saturated rings. The molecule has 0 spiro atoms. The lowest BCUT2D eigenvalue weighted by molar-refractivity contribution is 0.0505. The van der Waals surface area contributed by atoms with E-state index < -0.39 is 11.7 Å². The molecule has 0 aliphatic carbocycles. The maximum absolute atomic E-state index is 12.4. The molecule has 1 amide bonds. The standard InChI is InChI=1S/C24H41N5O2/c1-7-25-22(27-20-13-15-29(16-14-20)18(2)3)26-17-21(19-11-9-8-10-12-19)28-23(30)31-24(4,5)6/h8-12,18,20-21H,7,13-17H2,1-6H3,(H,28,30)(H2,25,26,27). The van der Waals surface area contributed by atoms with Crippen molar-refractivity contribution in [2.45, 2.75) is 78.1 Å². The SMILES string of the molecule is CCNC(=NCC(NC(=O)OC(C)(C)C)c1ccccc1)NC1CCN(C(C)C)CC1. The van der Waals surface area contributed by atoms with E-state index in [1.807, 2.05) is 51.1 Å². The molecule has 174 valence electrons. The van der Waals surface area contributed by atoms with E-state index in [2.05, 4.69) is 41.6 Å². The van der Waals surface area contributed by atoms with E-state index in [9.17, 15) is 4.79 Å². The molecule has 0 aromatic heterocycles. The quantitative estimate of drug-likeness (QED) is 0.453. The van der Waals surface area contributed by atoms with Crippen LogP contribution in [-0.2, 0) is 4.74 Å². The molecule has 7 heteroatoms. The van der Waals surface area contributed by atoms with Crippen molar-refractivity contribution in [2.24, 2.45) is 4.99 Å². The third-order valence-corrected chi connectivity index (χ3v) is 5.27. The number of hydrogen-bond acceptors (Lipinski definition) is 4. The summed E-state index contributed by atoms with van der Waals surface area (Å²) in [5.74, 6) is 0.789. The highest BCUT2D eigenvalue weighted by Gasteiger charge is 2.23. The smallest absolute Gasteiger partial charge is 0.408 e. The summed E-state index contributed by atoms with van der Waals surface area (Å²) in [6.07, 6.45) is 1.76. The molecule has 1 aliphatic rings. The van der Waals surface area contributed by atoms with Gasteiger partial charge in [-0.15, -0.1) is 0 Å². The Morgan fingerprint density at radius 1 is 1.19 bits per heavy atom. The van der Waals surface area contributed by atoms with Gasteiger partial charge in [0, 0.05) is 31.7 Å².